The van der Waals surface area contributed by atoms with E-state index in [1.54, 1.807) is 4.90 Å². The molecule has 0 radical (unpaired) electrons. The van der Waals surface area contributed by atoms with Crippen LogP contribution in [0.4, 0.5) is 4.79 Å². The number of aliphatic imine (C=N–C) groups is 1. The monoisotopic (exact) mass is 436 g/mol. The molecule has 6 nitrogen and oxygen atoms in total. The number of benzene rings is 1. The highest BCUT2D eigenvalue weighted by Crippen LogP contribution is 2.30. The zero-order valence-electron chi connectivity index (χ0n) is 18.7. The fourth-order valence-corrected chi connectivity index (χ4v) is 4.12. The number of hydrogen-bond donors (Lipinski definition) is 0. The molecule has 6 heteroatoms. The molecular formula is C26H32N2O4. The summed E-state index contributed by atoms with van der Waals surface area (Å²) in [5.41, 5.74) is 4.07. The zero-order chi connectivity index (χ0) is 22.2. The Bertz CT molecular complexity index is 902. The van der Waals surface area contributed by atoms with Crippen LogP contribution in [0.25, 0.3) is 5.70 Å². The van der Waals surface area contributed by atoms with Crippen molar-refractivity contribution in [1.82, 2.24) is 4.90 Å². The Labute approximate surface area is 190 Å². The van der Waals surface area contributed by atoms with E-state index in [2.05, 4.69) is 35.7 Å². The minimum absolute atomic E-state index is 0.0586. The van der Waals surface area contributed by atoms with Crippen molar-refractivity contribution in [3.63, 3.8) is 0 Å². The van der Waals surface area contributed by atoms with Crippen LogP contribution in [0.1, 0.15) is 48.8 Å². The predicted octanol–water partition coefficient (Wildman–Crippen LogP) is 4.07. The number of rotatable bonds is 4. The van der Waals surface area contributed by atoms with Crippen LogP contribution in [-0.4, -0.2) is 63.3 Å². The molecule has 2 heterocycles. The number of nitrogens with zero attached hydrogens (tertiary/aromatic N) is 2. The molecule has 32 heavy (non-hydrogen) atoms. The molecule has 0 spiro atoms. The van der Waals surface area contributed by atoms with E-state index in [1.165, 1.54) is 24.8 Å². The van der Waals surface area contributed by atoms with E-state index < -0.39 is 0 Å². The molecule has 1 saturated carbocycles. The lowest BCUT2D eigenvalue weighted by atomic mass is 9.86. The lowest BCUT2D eigenvalue weighted by Crippen LogP contribution is -2.33. The van der Waals surface area contributed by atoms with Gasteiger partial charge in [-0.15, -0.1) is 0 Å². The van der Waals surface area contributed by atoms with Crippen molar-refractivity contribution >= 4 is 18.4 Å². The van der Waals surface area contributed by atoms with Crippen LogP contribution in [-0.2, 0) is 20.6 Å². The van der Waals surface area contributed by atoms with Crippen molar-refractivity contribution in [3.05, 3.63) is 41.0 Å². The van der Waals surface area contributed by atoms with Crippen LogP contribution in [0.3, 0.4) is 0 Å². The topological polar surface area (TPSA) is 60.4 Å². The Morgan fingerprint density at radius 3 is 2.97 bits per heavy atom. The number of amides is 2. The predicted molar refractivity (Wildman–Crippen MR) is 125 cm³/mol. The highest BCUT2D eigenvalue weighted by Gasteiger charge is 2.25. The third-order valence-corrected chi connectivity index (χ3v) is 6.21. The van der Waals surface area contributed by atoms with Gasteiger partial charge in [-0.1, -0.05) is 24.3 Å². The number of carbonyl (C=O) groups is 1. The summed E-state index contributed by atoms with van der Waals surface area (Å²) in [4.78, 5) is 17.7. The minimum atomic E-state index is -0.340. The third-order valence-electron chi connectivity index (χ3n) is 6.21. The summed E-state index contributed by atoms with van der Waals surface area (Å²) in [5.74, 6) is 7.26. The van der Waals surface area contributed by atoms with Gasteiger partial charge in [0.2, 0.25) is 0 Å². The van der Waals surface area contributed by atoms with E-state index in [9.17, 15) is 4.79 Å². The first kappa shape index (κ1) is 22.7. The van der Waals surface area contributed by atoms with Gasteiger partial charge >= 0.3 is 6.03 Å². The second-order valence-corrected chi connectivity index (χ2v) is 8.51. The maximum Gasteiger partial charge on any atom is 0.347 e. The summed E-state index contributed by atoms with van der Waals surface area (Å²) in [5, 5.41) is 0. The molecule has 0 N–H and O–H groups in total. The molecule has 3 aliphatic rings. The van der Waals surface area contributed by atoms with Crippen LogP contribution in [0, 0.1) is 17.8 Å². The SMILES string of the molecule is C=NC(=O)N1CCc2cc(C#CC3CCC3)ccc2/C1=C/COC[C@H]1COCCCCO1. The Balaban J connectivity index is 1.45. The summed E-state index contributed by atoms with van der Waals surface area (Å²) in [6, 6.07) is 5.90. The van der Waals surface area contributed by atoms with E-state index >= 15 is 0 Å². The van der Waals surface area contributed by atoms with Gasteiger partial charge in [0.05, 0.1) is 25.5 Å². The van der Waals surface area contributed by atoms with Crippen molar-refractivity contribution < 1.29 is 19.0 Å². The Hall–Kier alpha value is -2.46. The smallest absolute Gasteiger partial charge is 0.347 e. The quantitative estimate of drug-likeness (QED) is 0.406. The van der Waals surface area contributed by atoms with E-state index in [4.69, 9.17) is 14.2 Å². The number of hydrogen-bond acceptors (Lipinski definition) is 4. The van der Waals surface area contributed by atoms with Gasteiger partial charge in [-0.05, 0) is 62.6 Å². The molecule has 170 valence electrons. The van der Waals surface area contributed by atoms with Crippen molar-refractivity contribution in [2.45, 2.75) is 44.6 Å². The van der Waals surface area contributed by atoms with Crippen molar-refractivity contribution in [2.75, 3.05) is 39.6 Å². The van der Waals surface area contributed by atoms with E-state index in [-0.39, 0.29) is 12.1 Å². The molecule has 0 bridgehead atoms. The normalized spacial score (nSPS) is 22.7. The zero-order valence-corrected chi connectivity index (χ0v) is 18.7. The van der Waals surface area contributed by atoms with Crippen molar-refractivity contribution in [3.8, 4) is 11.8 Å². The van der Waals surface area contributed by atoms with Gasteiger partial charge in [0.25, 0.3) is 0 Å². The van der Waals surface area contributed by atoms with Gasteiger partial charge in [0, 0.05) is 36.8 Å². The minimum Gasteiger partial charge on any atom is -0.379 e. The largest absolute Gasteiger partial charge is 0.379 e. The molecule has 1 aromatic rings. The Morgan fingerprint density at radius 2 is 2.16 bits per heavy atom. The first-order valence-corrected chi connectivity index (χ1v) is 11.6. The van der Waals surface area contributed by atoms with Crippen LogP contribution in [0.5, 0.6) is 0 Å². The molecule has 2 fully saturated rings. The Morgan fingerprint density at radius 1 is 1.28 bits per heavy atom. The summed E-state index contributed by atoms with van der Waals surface area (Å²) in [7, 11) is 0. The fraction of sp³-hybridized carbons (Fsp3) is 0.538. The average Bonchev–Trinajstić information content (AvgIpc) is 2.76. The Kier molecular flexibility index (Phi) is 8.11. The molecule has 0 aromatic heterocycles. The molecule has 1 atom stereocenters. The first-order chi connectivity index (χ1) is 15.7. The molecule has 2 aliphatic heterocycles. The lowest BCUT2D eigenvalue weighted by Gasteiger charge is -2.30. The van der Waals surface area contributed by atoms with Crippen LogP contribution < -0.4 is 0 Å². The molecular weight excluding hydrogens is 404 g/mol. The van der Waals surface area contributed by atoms with Gasteiger partial charge in [0.1, 0.15) is 6.10 Å². The number of ether oxygens (including phenoxy) is 3. The molecule has 4 rings (SSSR count). The van der Waals surface area contributed by atoms with Crippen molar-refractivity contribution in [2.24, 2.45) is 10.9 Å². The van der Waals surface area contributed by atoms with E-state index in [0.29, 0.717) is 32.3 Å². The molecule has 1 aliphatic carbocycles. The number of carbonyl (C=O) groups excluding carboxylic acids is 1. The molecule has 2 amide bonds. The van der Waals surface area contributed by atoms with Gasteiger partial charge in [0.15, 0.2) is 0 Å². The highest BCUT2D eigenvalue weighted by atomic mass is 16.6. The maximum atomic E-state index is 12.4. The van der Waals surface area contributed by atoms with E-state index in [1.807, 2.05) is 12.1 Å². The second kappa shape index (κ2) is 11.4. The van der Waals surface area contributed by atoms with Crippen molar-refractivity contribution in [1.29, 1.82) is 0 Å². The number of urea groups is 1. The van der Waals surface area contributed by atoms with Crippen LogP contribution in [0.15, 0.2) is 29.3 Å². The van der Waals surface area contributed by atoms with Crippen LogP contribution in [0.2, 0.25) is 0 Å². The standard InChI is InChI=1S/C26H32N2O4/c1-27-26(29)28-13-11-22-17-21(8-7-20-5-4-6-20)9-10-24(22)25(28)12-16-31-19-23-18-30-14-2-3-15-32-23/h9-10,12,17,20,23H,1-6,11,13-16,18-19H2/b25-12-/t23-/m1/s1. The molecule has 0 unspecified atom stereocenters. The van der Waals surface area contributed by atoms with Crippen LogP contribution >= 0.6 is 0 Å². The molecule has 1 saturated heterocycles. The first-order valence-electron chi connectivity index (χ1n) is 11.6. The van der Waals surface area contributed by atoms with Gasteiger partial charge in [-0.25, -0.2) is 9.79 Å². The highest BCUT2D eigenvalue weighted by molar-refractivity contribution is 5.89. The summed E-state index contributed by atoms with van der Waals surface area (Å²) >= 11 is 0. The lowest BCUT2D eigenvalue weighted by molar-refractivity contribution is -0.0706. The third kappa shape index (κ3) is 5.86. The average molecular weight is 437 g/mol. The fourth-order valence-electron chi connectivity index (χ4n) is 4.12. The summed E-state index contributed by atoms with van der Waals surface area (Å²) in [6.07, 6.45) is 8.43. The van der Waals surface area contributed by atoms with E-state index in [0.717, 1.165) is 49.3 Å². The molecule has 1 aromatic carbocycles. The number of fused-ring (bicyclic) bond motifs is 1. The summed E-state index contributed by atoms with van der Waals surface area (Å²) in [6.45, 7) is 6.89. The second-order valence-electron chi connectivity index (χ2n) is 8.51. The van der Waals surface area contributed by atoms with Gasteiger partial charge < -0.3 is 14.2 Å². The maximum absolute atomic E-state index is 12.4. The van der Waals surface area contributed by atoms with Gasteiger partial charge in [-0.3, -0.25) is 4.90 Å². The van der Waals surface area contributed by atoms with Gasteiger partial charge in [-0.2, -0.15) is 0 Å². The summed E-state index contributed by atoms with van der Waals surface area (Å²) < 4.78 is 17.3.